The largest absolute Gasteiger partial charge is 0.444 e. The molecule has 0 aliphatic carbocycles. The molecular weight excluding hydrogens is 402 g/mol. The van der Waals surface area contributed by atoms with Crippen molar-refractivity contribution in [3.63, 3.8) is 0 Å². The molecule has 0 saturated carbocycles. The number of thioether (sulfide) groups is 1. The number of amides is 3. The van der Waals surface area contributed by atoms with Gasteiger partial charge in [0.2, 0.25) is 5.91 Å². The van der Waals surface area contributed by atoms with Crippen LogP contribution in [0.4, 0.5) is 10.5 Å². The van der Waals surface area contributed by atoms with Crippen LogP contribution in [0.3, 0.4) is 0 Å². The second kappa shape index (κ2) is 9.29. The molecule has 0 spiro atoms. The van der Waals surface area contributed by atoms with Gasteiger partial charge in [-0.05, 0) is 57.7 Å². The first-order valence-corrected chi connectivity index (χ1v) is 11.4. The van der Waals surface area contributed by atoms with Crippen LogP contribution in [0, 0.1) is 5.92 Å². The molecule has 0 bridgehead atoms. The van der Waals surface area contributed by atoms with Gasteiger partial charge in [0.1, 0.15) is 5.60 Å². The maximum absolute atomic E-state index is 13.1. The van der Waals surface area contributed by atoms with Crippen LogP contribution in [0.2, 0.25) is 0 Å². The number of likely N-dealkylation sites (tertiary alicyclic amines) is 1. The van der Waals surface area contributed by atoms with Crippen molar-refractivity contribution in [2.45, 2.75) is 50.5 Å². The molecule has 1 aromatic rings. The fourth-order valence-electron chi connectivity index (χ4n) is 3.74. The Balaban J connectivity index is 1.63. The molecule has 1 aromatic carbocycles. The summed E-state index contributed by atoms with van der Waals surface area (Å²) < 4.78 is 5.43. The van der Waals surface area contributed by atoms with Crippen LogP contribution < -0.4 is 5.32 Å². The van der Waals surface area contributed by atoms with E-state index >= 15 is 0 Å². The fourth-order valence-corrected chi connectivity index (χ4v) is 4.67. The molecule has 0 radical (unpaired) electrons. The second-order valence-corrected chi connectivity index (χ2v) is 10.1. The summed E-state index contributed by atoms with van der Waals surface area (Å²) in [7, 11) is 1.74. The van der Waals surface area contributed by atoms with Crippen molar-refractivity contribution in [1.82, 2.24) is 9.80 Å². The number of benzene rings is 1. The Hall–Kier alpha value is -2.22. The highest BCUT2D eigenvalue weighted by Crippen LogP contribution is 2.32. The van der Waals surface area contributed by atoms with Gasteiger partial charge in [-0.15, -0.1) is 11.8 Å². The number of ether oxygens (including phenoxy) is 1. The molecule has 1 N–H and O–H groups in total. The molecule has 2 aliphatic rings. The summed E-state index contributed by atoms with van der Waals surface area (Å²) in [5, 5.41) is 2.90. The third-order valence-corrected chi connectivity index (χ3v) is 6.21. The van der Waals surface area contributed by atoms with E-state index in [9.17, 15) is 14.4 Å². The SMILES string of the molecule is CN(CC1CCCN(C(=O)c2ccc3c(c2)NC(=O)CCS3)C1)C(=O)OC(C)(C)C. The predicted molar refractivity (Wildman–Crippen MR) is 118 cm³/mol. The molecule has 7 nitrogen and oxygen atoms in total. The van der Waals surface area contributed by atoms with Gasteiger partial charge >= 0.3 is 6.09 Å². The number of carbonyl (C=O) groups excluding carboxylic acids is 3. The number of fused-ring (bicyclic) bond motifs is 1. The lowest BCUT2D eigenvalue weighted by molar-refractivity contribution is -0.115. The van der Waals surface area contributed by atoms with E-state index in [0.717, 1.165) is 23.5 Å². The van der Waals surface area contributed by atoms with E-state index in [0.29, 0.717) is 37.3 Å². The molecule has 0 aromatic heterocycles. The van der Waals surface area contributed by atoms with Crippen LogP contribution in [-0.2, 0) is 9.53 Å². The lowest BCUT2D eigenvalue weighted by atomic mass is 9.97. The first-order chi connectivity index (χ1) is 14.1. The number of piperidine rings is 1. The lowest BCUT2D eigenvalue weighted by Gasteiger charge is -2.35. The highest BCUT2D eigenvalue weighted by atomic mass is 32.2. The molecular formula is C22H31N3O4S. The Bertz CT molecular complexity index is 821. The average molecular weight is 434 g/mol. The van der Waals surface area contributed by atoms with E-state index in [1.807, 2.05) is 37.8 Å². The van der Waals surface area contributed by atoms with Crippen LogP contribution in [0.1, 0.15) is 50.4 Å². The molecule has 30 heavy (non-hydrogen) atoms. The molecule has 2 heterocycles. The van der Waals surface area contributed by atoms with Crippen LogP contribution in [0.15, 0.2) is 23.1 Å². The highest BCUT2D eigenvalue weighted by Gasteiger charge is 2.28. The molecule has 8 heteroatoms. The first-order valence-electron chi connectivity index (χ1n) is 10.4. The molecule has 1 saturated heterocycles. The second-order valence-electron chi connectivity index (χ2n) is 8.98. The fraction of sp³-hybridized carbons (Fsp3) is 0.591. The summed E-state index contributed by atoms with van der Waals surface area (Å²) in [5.74, 6) is 0.891. The quantitative estimate of drug-likeness (QED) is 0.784. The normalized spacial score (nSPS) is 19.4. The van der Waals surface area contributed by atoms with Crippen LogP contribution in [0.25, 0.3) is 0 Å². The third-order valence-electron chi connectivity index (χ3n) is 5.13. The molecule has 2 aliphatic heterocycles. The van der Waals surface area contributed by atoms with Crippen molar-refractivity contribution in [3.8, 4) is 0 Å². The molecule has 164 valence electrons. The number of nitrogens with one attached hydrogen (secondary N) is 1. The Kier molecular flexibility index (Phi) is 6.95. The summed E-state index contributed by atoms with van der Waals surface area (Å²) in [4.78, 5) is 41.6. The summed E-state index contributed by atoms with van der Waals surface area (Å²) >= 11 is 1.63. The Labute approximate surface area is 182 Å². The van der Waals surface area contributed by atoms with Gasteiger partial charge in [-0.2, -0.15) is 0 Å². The minimum atomic E-state index is -0.529. The van der Waals surface area contributed by atoms with Crippen LogP contribution >= 0.6 is 11.8 Å². The van der Waals surface area contributed by atoms with Crippen molar-refractivity contribution in [3.05, 3.63) is 23.8 Å². The number of nitrogens with zero attached hydrogens (tertiary/aromatic N) is 2. The summed E-state index contributed by atoms with van der Waals surface area (Å²) in [6.45, 7) is 7.40. The van der Waals surface area contributed by atoms with Gasteiger partial charge < -0.3 is 19.9 Å². The number of anilines is 1. The van der Waals surface area contributed by atoms with Gasteiger partial charge in [-0.25, -0.2) is 4.79 Å². The van der Waals surface area contributed by atoms with E-state index in [4.69, 9.17) is 4.74 Å². The van der Waals surface area contributed by atoms with Gasteiger partial charge in [0.05, 0.1) is 5.69 Å². The number of hydrogen-bond donors (Lipinski definition) is 1. The van der Waals surface area contributed by atoms with Crippen molar-refractivity contribution >= 4 is 35.4 Å². The summed E-state index contributed by atoms with van der Waals surface area (Å²) in [5.41, 5.74) is 0.767. The first kappa shape index (κ1) is 22.5. The Morgan fingerprint density at radius 2 is 2.10 bits per heavy atom. The summed E-state index contributed by atoms with van der Waals surface area (Å²) in [6, 6.07) is 5.53. The monoisotopic (exact) mass is 433 g/mol. The lowest BCUT2D eigenvalue weighted by Crippen LogP contribution is -2.45. The van der Waals surface area contributed by atoms with E-state index in [2.05, 4.69) is 5.32 Å². The van der Waals surface area contributed by atoms with E-state index < -0.39 is 5.60 Å². The minimum Gasteiger partial charge on any atom is -0.444 e. The zero-order chi connectivity index (χ0) is 21.9. The van der Waals surface area contributed by atoms with Crippen molar-refractivity contribution < 1.29 is 19.1 Å². The van der Waals surface area contributed by atoms with Gasteiger partial charge in [0.15, 0.2) is 0 Å². The predicted octanol–water partition coefficient (Wildman–Crippen LogP) is 3.84. The number of hydrogen-bond acceptors (Lipinski definition) is 5. The van der Waals surface area contributed by atoms with Gasteiger partial charge in [-0.1, -0.05) is 0 Å². The average Bonchev–Trinajstić information content (AvgIpc) is 2.86. The van der Waals surface area contributed by atoms with E-state index in [-0.39, 0.29) is 23.8 Å². The van der Waals surface area contributed by atoms with Gasteiger partial charge in [0, 0.05) is 49.3 Å². The number of rotatable bonds is 3. The van der Waals surface area contributed by atoms with Gasteiger partial charge in [0.25, 0.3) is 5.91 Å². The summed E-state index contributed by atoms with van der Waals surface area (Å²) in [6.07, 6.45) is 2.00. The molecule has 1 fully saturated rings. The van der Waals surface area contributed by atoms with Crippen LogP contribution in [-0.4, -0.2) is 65.7 Å². The molecule has 1 unspecified atom stereocenters. The zero-order valence-corrected chi connectivity index (χ0v) is 19.0. The third kappa shape index (κ3) is 5.90. The highest BCUT2D eigenvalue weighted by molar-refractivity contribution is 7.99. The van der Waals surface area contributed by atoms with E-state index in [1.165, 1.54) is 0 Å². The maximum Gasteiger partial charge on any atom is 0.410 e. The maximum atomic E-state index is 13.1. The smallest absolute Gasteiger partial charge is 0.410 e. The topological polar surface area (TPSA) is 79.0 Å². The molecule has 1 atom stereocenters. The van der Waals surface area contributed by atoms with Gasteiger partial charge in [-0.3, -0.25) is 9.59 Å². The minimum absolute atomic E-state index is 0.0194. The van der Waals surface area contributed by atoms with Crippen LogP contribution in [0.5, 0.6) is 0 Å². The number of carbonyl (C=O) groups is 3. The van der Waals surface area contributed by atoms with Crippen molar-refractivity contribution in [1.29, 1.82) is 0 Å². The van der Waals surface area contributed by atoms with E-state index in [1.54, 1.807) is 29.8 Å². The van der Waals surface area contributed by atoms with Crippen molar-refractivity contribution in [2.75, 3.05) is 37.8 Å². The standard InChI is InChI=1S/C22H31N3O4S/c1-22(2,3)29-21(28)24(4)13-15-6-5-10-25(14-15)20(27)16-7-8-18-17(12-16)23-19(26)9-11-30-18/h7-8,12,15H,5-6,9-11,13-14H2,1-4H3,(H,23,26). The Morgan fingerprint density at radius 3 is 2.83 bits per heavy atom. The molecule has 3 rings (SSSR count). The Morgan fingerprint density at radius 1 is 1.33 bits per heavy atom. The molecule has 3 amide bonds. The zero-order valence-electron chi connectivity index (χ0n) is 18.2. The van der Waals surface area contributed by atoms with Crippen molar-refractivity contribution in [2.24, 2.45) is 5.92 Å².